The molecular weight excluding hydrogens is 343 g/mol. The molecule has 5 rings (SSSR count). The zero-order valence-corrected chi connectivity index (χ0v) is 14.8. The molecule has 4 aromatic heterocycles. The van der Waals surface area contributed by atoms with E-state index < -0.39 is 0 Å². The number of nitrogens with zero attached hydrogens (tertiary/aromatic N) is 6. The van der Waals surface area contributed by atoms with Crippen LogP contribution in [0, 0.1) is 19.7 Å². The Kier molecular flexibility index (Phi) is 3.30. The molecule has 0 unspecified atom stereocenters. The zero-order valence-electron chi connectivity index (χ0n) is 14.8. The van der Waals surface area contributed by atoms with Gasteiger partial charge in [0.25, 0.3) is 0 Å². The Morgan fingerprint density at radius 3 is 2.70 bits per heavy atom. The van der Waals surface area contributed by atoms with Crippen molar-refractivity contribution >= 4 is 11.3 Å². The molecule has 0 bridgehead atoms. The molecule has 132 valence electrons. The predicted octanol–water partition coefficient (Wildman–Crippen LogP) is 3.86. The number of halogens is 1. The Morgan fingerprint density at radius 1 is 1.00 bits per heavy atom. The van der Waals surface area contributed by atoms with Gasteiger partial charge < -0.3 is 4.40 Å². The first-order valence-electron chi connectivity index (χ1n) is 8.52. The van der Waals surface area contributed by atoms with Gasteiger partial charge in [-0.1, -0.05) is 12.1 Å². The summed E-state index contributed by atoms with van der Waals surface area (Å²) in [6.45, 7) is 3.86. The number of rotatable bonds is 2. The molecule has 5 aromatic rings. The maximum absolute atomic E-state index is 13.5. The highest BCUT2D eigenvalue weighted by Gasteiger charge is 2.12. The molecule has 0 aliphatic heterocycles. The molecule has 4 heterocycles. The Morgan fingerprint density at radius 2 is 1.89 bits per heavy atom. The second-order valence-electron chi connectivity index (χ2n) is 6.47. The van der Waals surface area contributed by atoms with Crippen LogP contribution in [0.15, 0.2) is 55.0 Å². The fourth-order valence-electron chi connectivity index (χ4n) is 3.13. The van der Waals surface area contributed by atoms with Crippen molar-refractivity contribution in [1.29, 1.82) is 0 Å². The van der Waals surface area contributed by atoms with Crippen molar-refractivity contribution in [2.75, 3.05) is 0 Å². The average Bonchev–Trinajstić information content (AvgIpc) is 3.29. The third-order valence-electron chi connectivity index (χ3n) is 4.55. The van der Waals surface area contributed by atoms with Gasteiger partial charge in [0.2, 0.25) is 0 Å². The van der Waals surface area contributed by atoms with E-state index in [9.17, 15) is 4.39 Å². The molecule has 0 saturated heterocycles. The maximum atomic E-state index is 13.5. The van der Waals surface area contributed by atoms with E-state index in [1.807, 2.05) is 48.8 Å². The zero-order chi connectivity index (χ0) is 18.5. The lowest BCUT2D eigenvalue weighted by molar-refractivity contribution is 0.628. The van der Waals surface area contributed by atoms with Crippen LogP contribution < -0.4 is 0 Å². The summed E-state index contributed by atoms with van der Waals surface area (Å²) in [6.07, 6.45) is 5.57. The number of hydrogen-bond donors (Lipinski definition) is 0. The molecule has 0 fully saturated rings. The van der Waals surface area contributed by atoms with E-state index in [1.165, 1.54) is 12.1 Å². The van der Waals surface area contributed by atoms with E-state index in [1.54, 1.807) is 16.8 Å². The third-order valence-corrected chi connectivity index (χ3v) is 4.55. The smallest absolute Gasteiger partial charge is 0.182 e. The molecule has 6 nitrogen and oxygen atoms in total. The summed E-state index contributed by atoms with van der Waals surface area (Å²) in [5.74, 6) is 0.338. The van der Waals surface area contributed by atoms with E-state index in [0.29, 0.717) is 11.5 Å². The average molecular weight is 358 g/mol. The van der Waals surface area contributed by atoms with Crippen molar-refractivity contribution in [2.24, 2.45) is 0 Å². The van der Waals surface area contributed by atoms with E-state index in [4.69, 9.17) is 0 Å². The molecule has 0 spiro atoms. The number of pyridine rings is 1. The third kappa shape index (κ3) is 2.55. The number of aryl methyl sites for hydroxylation is 2. The molecule has 27 heavy (non-hydrogen) atoms. The normalized spacial score (nSPS) is 11.5. The highest BCUT2D eigenvalue weighted by Crippen LogP contribution is 2.23. The summed E-state index contributed by atoms with van der Waals surface area (Å²) < 4.78 is 17.2. The van der Waals surface area contributed by atoms with Gasteiger partial charge in [-0.15, -0.1) is 5.10 Å². The summed E-state index contributed by atoms with van der Waals surface area (Å²) in [5, 5.41) is 4.61. The number of fused-ring (bicyclic) bond motifs is 2. The second kappa shape index (κ2) is 5.70. The van der Waals surface area contributed by atoms with Gasteiger partial charge in [0.05, 0.1) is 17.1 Å². The second-order valence-corrected chi connectivity index (χ2v) is 6.47. The van der Waals surface area contributed by atoms with Crippen LogP contribution in [0.4, 0.5) is 4.39 Å². The number of aromatic nitrogens is 6. The van der Waals surface area contributed by atoms with Crippen LogP contribution >= 0.6 is 0 Å². The maximum Gasteiger partial charge on any atom is 0.182 e. The van der Waals surface area contributed by atoms with Gasteiger partial charge in [-0.25, -0.2) is 18.9 Å². The summed E-state index contributed by atoms with van der Waals surface area (Å²) in [5.41, 5.74) is 5.56. The van der Waals surface area contributed by atoms with Gasteiger partial charge in [0.1, 0.15) is 11.5 Å². The molecule has 0 radical (unpaired) electrons. The number of benzene rings is 1. The minimum atomic E-state index is -0.279. The standard InChI is InChI=1S/C20H15FN6/c1-12-10-22-13(2)20-24-19(25-27(12)20)15-6-7-26-11-17(23-18(26)9-15)14-4-3-5-16(21)8-14/h3-11H,1-2H3. The van der Waals surface area contributed by atoms with Gasteiger partial charge in [-0.3, -0.25) is 4.98 Å². The lowest BCUT2D eigenvalue weighted by atomic mass is 10.2. The Hall–Kier alpha value is -3.61. The summed E-state index contributed by atoms with van der Waals surface area (Å²) >= 11 is 0. The molecule has 0 amide bonds. The van der Waals surface area contributed by atoms with Crippen LogP contribution in [0.2, 0.25) is 0 Å². The molecule has 7 heteroatoms. The van der Waals surface area contributed by atoms with Gasteiger partial charge in [-0.05, 0) is 38.1 Å². The van der Waals surface area contributed by atoms with E-state index in [2.05, 4.69) is 20.1 Å². The predicted molar refractivity (Wildman–Crippen MR) is 99.8 cm³/mol. The monoisotopic (exact) mass is 358 g/mol. The van der Waals surface area contributed by atoms with E-state index >= 15 is 0 Å². The minimum absolute atomic E-state index is 0.279. The lowest BCUT2D eigenvalue weighted by Gasteiger charge is -1.98. The largest absolute Gasteiger partial charge is 0.306 e. The van der Waals surface area contributed by atoms with Crippen LogP contribution in [-0.4, -0.2) is 29.0 Å². The van der Waals surface area contributed by atoms with Crippen LogP contribution in [0.5, 0.6) is 0 Å². The van der Waals surface area contributed by atoms with Gasteiger partial charge in [-0.2, -0.15) is 0 Å². The molecule has 0 N–H and O–H groups in total. The highest BCUT2D eigenvalue weighted by molar-refractivity contribution is 5.67. The summed E-state index contributed by atoms with van der Waals surface area (Å²) in [4.78, 5) is 13.6. The van der Waals surface area contributed by atoms with Crippen LogP contribution in [0.25, 0.3) is 33.9 Å². The van der Waals surface area contributed by atoms with Crippen molar-refractivity contribution in [3.63, 3.8) is 0 Å². The quantitative estimate of drug-likeness (QED) is 0.481. The van der Waals surface area contributed by atoms with Crippen molar-refractivity contribution in [2.45, 2.75) is 13.8 Å². The van der Waals surface area contributed by atoms with Crippen LogP contribution in [0.3, 0.4) is 0 Å². The van der Waals surface area contributed by atoms with Crippen LogP contribution in [0.1, 0.15) is 11.4 Å². The van der Waals surface area contributed by atoms with E-state index in [0.717, 1.165) is 33.8 Å². The van der Waals surface area contributed by atoms with Crippen molar-refractivity contribution < 1.29 is 4.39 Å². The Bertz CT molecular complexity index is 1280. The Balaban J connectivity index is 1.63. The topological polar surface area (TPSA) is 60.4 Å². The van der Waals surface area contributed by atoms with Gasteiger partial charge in [0, 0.05) is 29.7 Å². The Labute approximate surface area is 154 Å². The van der Waals surface area contributed by atoms with Gasteiger partial charge >= 0.3 is 0 Å². The molecule has 0 aliphatic carbocycles. The first-order chi connectivity index (χ1) is 13.1. The lowest BCUT2D eigenvalue weighted by Crippen LogP contribution is -1.97. The number of hydrogen-bond acceptors (Lipinski definition) is 4. The molecule has 0 atom stereocenters. The highest BCUT2D eigenvalue weighted by atomic mass is 19.1. The van der Waals surface area contributed by atoms with Crippen molar-refractivity contribution in [1.82, 2.24) is 29.0 Å². The SMILES string of the molecule is Cc1ncc(C)n2nc(-c3ccn4cc(-c5cccc(F)c5)nc4c3)nc12. The minimum Gasteiger partial charge on any atom is -0.306 e. The summed E-state index contributed by atoms with van der Waals surface area (Å²) in [7, 11) is 0. The van der Waals surface area contributed by atoms with Crippen molar-refractivity contribution in [3.8, 4) is 22.6 Å². The molecule has 0 saturated carbocycles. The first kappa shape index (κ1) is 15.6. The fourth-order valence-corrected chi connectivity index (χ4v) is 3.13. The first-order valence-corrected chi connectivity index (χ1v) is 8.52. The summed E-state index contributed by atoms with van der Waals surface area (Å²) in [6, 6.07) is 10.3. The van der Waals surface area contributed by atoms with Crippen molar-refractivity contribution in [3.05, 3.63) is 72.2 Å². The molecule has 0 aliphatic rings. The van der Waals surface area contributed by atoms with E-state index in [-0.39, 0.29) is 5.82 Å². The number of imidazole rings is 1. The molecule has 1 aromatic carbocycles. The van der Waals surface area contributed by atoms with Gasteiger partial charge in [0.15, 0.2) is 11.5 Å². The van der Waals surface area contributed by atoms with Crippen LogP contribution in [-0.2, 0) is 0 Å². The molecular formula is C20H15FN6. The fraction of sp³-hybridized carbons (Fsp3) is 0.100.